The van der Waals surface area contributed by atoms with Crippen LogP contribution in [0.5, 0.6) is 0 Å². The van der Waals surface area contributed by atoms with Gasteiger partial charge in [0.1, 0.15) is 0 Å². The van der Waals surface area contributed by atoms with Crippen molar-refractivity contribution in [2.24, 2.45) is 0 Å². The predicted molar refractivity (Wildman–Crippen MR) is 260 cm³/mol. The summed E-state index contributed by atoms with van der Waals surface area (Å²) in [7, 11) is 0. The highest BCUT2D eigenvalue weighted by molar-refractivity contribution is 7.26. The number of nitrogens with zero attached hydrogens (tertiary/aromatic N) is 1. The molecule has 1 nitrogen and oxygen atoms in total. The van der Waals surface area contributed by atoms with E-state index in [0.717, 1.165) is 11.4 Å². The standard InChI is InChI=1S/C58H37NS/c1-3-17-39(18-4-1)56-50-25-10-9-23-47(50)48-34-32-42(37-52(48)57(56)40-19-5-2-6-20-40)46-22-11-13-27-53(46)59(54-28-15-26-51-49-24-12-14-29-55(49)60-58(51)54)43-33-35-45-41(36-43)31-30-38-16-7-8-21-44(38)45/h1-37H. The third-order valence-corrected chi connectivity index (χ3v) is 13.4. The first-order chi connectivity index (χ1) is 29.8. The van der Waals surface area contributed by atoms with E-state index in [4.69, 9.17) is 0 Å². The minimum absolute atomic E-state index is 1.12. The first-order valence-corrected chi connectivity index (χ1v) is 21.4. The van der Waals surface area contributed by atoms with Crippen LogP contribution >= 0.6 is 11.3 Å². The van der Waals surface area contributed by atoms with Gasteiger partial charge in [-0.3, -0.25) is 0 Å². The fraction of sp³-hybridized carbons (Fsp3) is 0. The number of anilines is 3. The molecule has 0 N–H and O–H groups in total. The summed E-state index contributed by atoms with van der Waals surface area (Å²) in [5.74, 6) is 0. The molecule has 0 saturated heterocycles. The van der Waals surface area contributed by atoms with Crippen LogP contribution in [-0.2, 0) is 0 Å². The number of rotatable bonds is 6. The number of benzene rings is 11. The summed E-state index contributed by atoms with van der Waals surface area (Å²) in [6.45, 7) is 0. The van der Waals surface area contributed by atoms with E-state index >= 15 is 0 Å². The van der Waals surface area contributed by atoms with Crippen molar-refractivity contribution in [1.82, 2.24) is 0 Å². The summed E-state index contributed by atoms with van der Waals surface area (Å²) in [5.41, 5.74) is 10.7. The van der Waals surface area contributed by atoms with Gasteiger partial charge in [-0.2, -0.15) is 0 Å². The molecule has 0 spiro atoms. The fourth-order valence-electron chi connectivity index (χ4n) is 9.54. The number of fused-ring (bicyclic) bond motifs is 9. The van der Waals surface area contributed by atoms with Gasteiger partial charge in [0.15, 0.2) is 0 Å². The molecule has 1 aromatic heterocycles. The Morgan fingerprint density at radius 3 is 1.68 bits per heavy atom. The lowest BCUT2D eigenvalue weighted by Crippen LogP contribution is -2.11. The number of para-hydroxylation sites is 1. The van der Waals surface area contributed by atoms with E-state index in [1.807, 2.05) is 11.3 Å². The first kappa shape index (κ1) is 34.5. The van der Waals surface area contributed by atoms with Crippen molar-refractivity contribution in [2.75, 3.05) is 4.90 Å². The second-order valence-corrected chi connectivity index (χ2v) is 16.6. The monoisotopic (exact) mass is 779 g/mol. The minimum atomic E-state index is 1.12. The number of thiophene rings is 1. The average Bonchev–Trinajstić information content (AvgIpc) is 3.71. The second-order valence-electron chi connectivity index (χ2n) is 15.6. The third kappa shape index (κ3) is 5.53. The van der Waals surface area contributed by atoms with Crippen LogP contribution in [-0.4, -0.2) is 0 Å². The molecule has 12 aromatic rings. The molecule has 0 aliphatic heterocycles. The van der Waals surface area contributed by atoms with E-state index in [-0.39, 0.29) is 0 Å². The van der Waals surface area contributed by atoms with Gasteiger partial charge < -0.3 is 4.90 Å². The number of hydrogen-bond donors (Lipinski definition) is 0. The van der Waals surface area contributed by atoms with E-state index in [2.05, 4.69) is 229 Å². The lowest BCUT2D eigenvalue weighted by atomic mass is 9.84. The lowest BCUT2D eigenvalue weighted by molar-refractivity contribution is 1.31. The van der Waals surface area contributed by atoms with E-state index in [0.29, 0.717) is 0 Å². The van der Waals surface area contributed by atoms with Gasteiger partial charge in [0.2, 0.25) is 0 Å². The highest BCUT2D eigenvalue weighted by atomic mass is 32.1. The highest BCUT2D eigenvalue weighted by Gasteiger charge is 2.23. The zero-order chi connectivity index (χ0) is 39.6. The molecule has 11 aromatic carbocycles. The van der Waals surface area contributed by atoms with Crippen LogP contribution in [0.3, 0.4) is 0 Å². The molecular formula is C58H37NS. The highest BCUT2D eigenvalue weighted by Crippen LogP contribution is 2.50. The zero-order valence-corrected chi connectivity index (χ0v) is 33.5. The average molecular weight is 780 g/mol. The van der Waals surface area contributed by atoms with Crippen LogP contribution in [0.1, 0.15) is 0 Å². The molecule has 1 heterocycles. The van der Waals surface area contributed by atoms with Crippen LogP contribution in [0.25, 0.3) is 96.6 Å². The molecule has 280 valence electrons. The Labute approximate surface area is 352 Å². The quantitative estimate of drug-likeness (QED) is 0.152. The van der Waals surface area contributed by atoms with Gasteiger partial charge in [0, 0.05) is 26.7 Å². The molecule has 0 radical (unpaired) electrons. The molecule has 0 fully saturated rings. The Morgan fingerprint density at radius 2 is 0.867 bits per heavy atom. The second kappa shape index (κ2) is 14.1. The Morgan fingerprint density at radius 1 is 0.300 bits per heavy atom. The van der Waals surface area contributed by atoms with Crippen molar-refractivity contribution in [3.8, 4) is 33.4 Å². The molecule has 0 aliphatic rings. The van der Waals surface area contributed by atoms with E-state index in [1.165, 1.54) is 102 Å². The molecule has 0 atom stereocenters. The van der Waals surface area contributed by atoms with Crippen LogP contribution < -0.4 is 4.90 Å². The van der Waals surface area contributed by atoms with Crippen molar-refractivity contribution in [3.63, 3.8) is 0 Å². The summed E-state index contributed by atoms with van der Waals surface area (Å²) in [4.78, 5) is 2.50. The Balaban J connectivity index is 1.14. The van der Waals surface area contributed by atoms with Gasteiger partial charge in [-0.1, -0.05) is 188 Å². The van der Waals surface area contributed by atoms with Gasteiger partial charge in [-0.15, -0.1) is 11.3 Å². The van der Waals surface area contributed by atoms with Crippen molar-refractivity contribution in [1.29, 1.82) is 0 Å². The largest absolute Gasteiger partial charge is 0.308 e. The maximum atomic E-state index is 2.50. The van der Waals surface area contributed by atoms with Gasteiger partial charge in [0.05, 0.1) is 16.1 Å². The number of hydrogen-bond acceptors (Lipinski definition) is 2. The Bertz CT molecular complexity index is 3600. The SMILES string of the molecule is c1ccc(-c2c(-c3ccccc3)c3cc(-c4ccccc4N(c4ccc5c(ccc6ccccc65)c4)c4cccc5c4sc4ccccc45)ccc3c3ccccc23)cc1. The van der Waals surface area contributed by atoms with Gasteiger partial charge in [0.25, 0.3) is 0 Å². The summed E-state index contributed by atoms with van der Waals surface area (Å²) >= 11 is 1.87. The van der Waals surface area contributed by atoms with Gasteiger partial charge in [-0.25, -0.2) is 0 Å². The normalized spacial score (nSPS) is 11.7. The molecule has 0 amide bonds. The summed E-state index contributed by atoms with van der Waals surface area (Å²) < 4.78 is 2.57. The van der Waals surface area contributed by atoms with Gasteiger partial charge in [-0.05, 0) is 107 Å². The topological polar surface area (TPSA) is 3.24 Å². The maximum Gasteiger partial charge on any atom is 0.0640 e. The zero-order valence-electron chi connectivity index (χ0n) is 32.7. The van der Waals surface area contributed by atoms with Crippen molar-refractivity contribution in [3.05, 3.63) is 224 Å². The van der Waals surface area contributed by atoms with E-state index in [1.54, 1.807) is 0 Å². The van der Waals surface area contributed by atoms with Crippen LogP contribution in [0.15, 0.2) is 224 Å². The van der Waals surface area contributed by atoms with E-state index in [9.17, 15) is 0 Å². The Kier molecular flexibility index (Phi) is 8.11. The van der Waals surface area contributed by atoms with Gasteiger partial charge >= 0.3 is 0 Å². The maximum absolute atomic E-state index is 2.50. The molecule has 60 heavy (non-hydrogen) atoms. The molecule has 2 heteroatoms. The molecule has 12 rings (SSSR count). The smallest absolute Gasteiger partial charge is 0.0640 e. The van der Waals surface area contributed by atoms with Crippen LogP contribution in [0.2, 0.25) is 0 Å². The van der Waals surface area contributed by atoms with E-state index < -0.39 is 0 Å². The summed E-state index contributed by atoms with van der Waals surface area (Å²) in [6, 6.07) is 82.6. The molecule has 0 saturated carbocycles. The van der Waals surface area contributed by atoms with Crippen molar-refractivity contribution >= 4 is 91.7 Å². The van der Waals surface area contributed by atoms with Crippen LogP contribution in [0.4, 0.5) is 17.1 Å². The van der Waals surface area contributed by atoms with Crippen molar-refractivity contribution < 1.29 is 0 Å². The predicted octanol–water partition coefficient (Wildman–Crippen LogP) is 17.1. The molecule has 0 aliphatic carbocycles. The molecule has 0 unspecified atom stereocenters. The third-order valence-electron chi connectivity index (χ3n) is 12.2. The fourth-order valence-corrected chi connectivity index (χ4v) is 10.7. The van der Waals surface area contributed by atoms with Crippen LogP contribution in [0, 0.1) is 0 Å². The first-order valence-electron chi connectivity index (χ1n) is 20.6. The molecule has 0 bridgehead atoms. The van der Waals surface area contributed by atoms with Crippen molar-refractivity contribution in [2.45, 2.75) is 0 Å². The summed E-state index contributed by atoms with van der Waals surface area (Å²) in [6.07, 6.45) is 0. The Hall–Kier alpha value is -7.52. The lowest BCUT2D eigenvalue weighted by Gasteiger charge is -2.29. The summed E-state index contributed by atoms with van der Waals surface area (Å²) in [5, 5.41) is 12.6. The molecular weight excluding hydrogens is 743 g/mol. The minimum Gasteiger partial charge on any atom is -0.308 e.